The molecule has 1 aliphatic heterocycles. The molecule has 69 heavy (non-hydrogen) atoms. The Labute approximate surface area is 428 Å². The Morgan fingerprint density at radius 1 is 0.565 bits per heavy atom. The Hall–Kier alpha value is -5.39. The number of ether oxygens (including phenoxy) is 8. The number of carbonyl (C=O) groups is 8. The van der Waals surface area contributed by atoms with E-state index in [2.05, 4.69) is 63.1 Å². The van der Waals surface area contributed by atoms with Crippen LogP contribution >= 0.6 is 60.0 Å². The third-order valence-corrected chi connectivity index (χ3v) is 12.2. The van der Waals surface area contributed by atoms with Crippen molar-refractivity contribution in [1.82, 2.24) is 15.3 Å². The molecule has 3 heterocycles. The fourth-order valence-electron chi connectivity index (χ4n) is 7.86. The van der Waals surface area contributed by atoms with Crippen LogP contribution in [0.4, 0.5) is 0 Å². The smallest absolute Gasteiger partial charge is 0.355 e. The summed E-state index contributed by atoms with van der Waals surface area (Å²) in [6.45, 7) is -0.386. The van der Waals surface area contributed by atoms with Crippen molar-refractivity contribution >= 4 is 113 Å². The first kappa shape index (κ1) is 56.2. The Bertz CT molecular complexity index is 2460. The van der Waals surface area contributed by atoms with Gasteiger partial charge in [0, 0.05) is 43.5 Å². The maximum absolute atomic E-state index is 14.2. The molecule has 4 rings (SSSR count). The molecule has 19 nitrogen and oxygen atoms in total. The van der Waals surface area contributed by atoms with Gasteiger partial charge in [-0.1, -0.05) is 90.3 Å². The van der Waals surface area contributed by atoms with Gasteiger partial charge >= 0.3 is 47.8 Å². The molecular weight excluding hydrogens is 1120 g/mol. The highest BCUT2D eigenvalue weighted by molar-refractivity contribution is 9.39. The topological polar surface area (TPSA) is 254 Å². The molecule has 0 bridgehead atoms. The van der Waals surface area contributed by atoms with Crippen LogP contribution < -0.4 is 5.32 Å². The summed E-state index contributed by atoms with van der Waals surface area (Å²) < 4.78 is 40.5. The zero-order chi connectivity index (χ0) is 51.1. The second-order valence-electron chi connectivity index (χ2n) is 15.5. The third-order valence-electron chi connectivity index (χ3n) is 11.2. The number of methoxy groups -OCH3 is 6. The molecule has 1 aromatic carbocycles. The first-order valence-electron chi connectivity index (χ1n) is 21.1. The molecule has 23 heteroatoms. The van der Waals surface area contributed by atoms with E-state index in [1.807, 2.05) is 0 Å². The predicted molar refractivity (Wildman–Crippen MR) is 260 cm³/mol. The molecule has 0 aliphatic carbocycles. The molecule has 0 fully saturated rings. The fourth-order valence-corrected chi connectivity index (χ4v) is 8.62. The summed E-state index contributed by atoms with van der Waals surface area (Å²) in [4.78, 5) is 113. The van der Waals surface area contributed by atoms with Gasteiger partial charge in [-0.05, 0) is 58.2 Å². The minimum Gasteiger partial charge on any atom is -0.469 e. The lowest BCUT2D eigenvalue weighted by molar-refractivity contribution is -0.141. The number of aromatic amines is 2. The van der Waals surface area contributed by atoms with Crippen LogP contribution in [0.2, 0.25) is 0 Å². The largest absolute Gasteiger partial charge is 0.469 e. The maximum atomic E-state index is 14.2. The van der Waals surface area contributed by atoms with Crippen molar-refractivity contribution in [2.24, 2.45) is 0 Å². The van der Waals surface area contributed by atoms with Crippen LogP contribution in [-0.4, -0.2) is 120 Å². The van der Waals surface area contributed by atoms with E-state index in [0.717, 1.165) is 0 Å². The van der Waals surface area contributed by atoms with Crippen molar-refractivity contribution in [1.29, 1.82) is 0 Å². The molecule has 1 atom stereocenters. The number of aromatic nitrogens is 2. The number of thiocarbonyl (C=S) groups is 1. The Kier molecular flexibility index (Phi) is 21.2. The molecule has 0 saturated heterocycles. The molecule has 3 N–H and O–H groups in total. The molecule has 0 amide bonds. The molecule has 0 spiro atoms. The van der Waals surface area contributed by atoms with Crippen molar-refractivity contribution in [2.45, 2.75) is 84.9 Å². The van der Waals surface area contributed by atoms with E-state index in [1.54, 1.807) is 30.3 Å². The summed E-state index contributed by atoms with van der Waals surface area (Å²) in [7, 11) is 7.18. The second kappa shape index (κ2) is 26.0. The molecule has 1 aliphatic rings. The fraction of sp³-hybridized carbons (Fsp3) is 0.457. The number of esters is 8. The Balaban J connectivity index is 2.11. The van der Waals surface area contributed by atoms with Crippen LogP contribution in [0.1, 0.15) is 92.3 Å². The predicted octanol–water partition coefficient (Wildman–Crippen LogP) is 5.60. The maximum Gasteiger partial charge on any atom is 0.355 e. The lowest BCUT2D eigenvalue weighted by Crippen LogP contribution is -2.49. The van der Waals surface area contributed by atoms with Gasteiger partial charge in [0.2, 0.25) is 0 Å². The van der Waals surface area contributed by atoms with E-state index in [1.165, 1.54) is 42.7 Å². The number of hydrogen-bond acceptors (Lipinski definition) is 17. The monoisotopic (exact) mass is 1170 g/mol. The van der Waals surface area contributed by atoms with E-state index in [4.69, 9.17) is 50.1 Å². The Morgan fingerprint density at radius 2 is 1.01 bits per heavy atom. The molecule has 3 aromatic rings. The number of H-pyrrole nitrogens is 2. The minimum absolute atomic E-state index is 0.0216. The number of benzene rings is 1. The summed E-state index contributed by atoms with van der Waals surface area (Å²) in [5.41, 5.74) is 0.971. The average Bonchev–Trinajstić information content (AvgIpc) is 3.93. The average molecular weight is 1170 g/mol. The van der Waals surface area contributed by atoms with Crippen LogP contribution in [0.3, 0.4) is 0 Å². The highest BCUT2D eigenvalue weighted by atomic mass is 80.0. The number of hydrogen-bond donors (Lipinski definition) is 3. The summed E-state index contributed by atoms with van der Waals surface area (Å²) in [6.07, 6.45) is -2.56. The number of carbonyl (C=O) groups excluding carboxylic acids is 8. The van der Waals surface area contributed by atoms with E-state index < -0.39 is 74.7 Å². The van der Waals surface area contributed by atoms with Crippen molar-refractivity contribution in [3.63, 3.8) is 0 Å². The van der Waals surface area contributed by atoms with Gasteiger partial charge in [-0.2, -0.15) is 0 Å². The molecule has 1 unspecified atom stereocenters. The van der Waals surface area contributed by atoms with Crippen molar-refractivity contribution in [2.75, 3.05) is 49.3 Å². The number of alkyl halides is 3. The van der Waals surface area contributed by atoms with E-state index in [0.29, 0.717) is 22.3 Å². The lowest BCUT2D eigenvalue weighted by atomic mass is 9.77. The number of halogens is 3. The van der Waals surface area contributed by atoms with E-state index >= 15 is 0 Å². The van der Waals surface area contributed by atoms with Crippen LogP contribution in [0.15, 0.2) is 41.5 Å². The van der Waals surface area contributed by atoms with Gasteiger partial charge in [-0.25, -0.2) is 9.59 Å². The molecule has 2 aromatic heterocycles. The summed E-state index contributed by atoms with van der Waals surface area (Å²) in [5.74, 6) is -5.68. The minimum atomic E-state index is -1.58. The van der Waals surface area contributed by atoms with E-state index in [9.17, 15) is 38.4 Å². The Morgan fingerprint density at radius 3 is 1.54 bits per heavy atom. The van der Waals surface area contributed by atoms with Crippen molar-refractivity contribution in [3.8, 4) is 0 Å². The van der Waals surface area contributed by atoms with Crippen LogP contribution in [0.5, 0.6) is 0 Å². The van der Waals surface area contributed by atoms with E-state index in [-0.39, 0.29) is 109 Å². The standard InChI is InChI=1S/C46H52Br3N3O16S/c1-61-34(53)15-12-26-30(19-38(57)65-5)41(43(59)67-23-25-10-8-7-9-11-25)50-32(26)21-45(31(20-39(58)66-6)28(42(69)52-45)14-17-36(55)63-3)22-33-29(18-37(56)64-4)27(13-16-35(54)62-2)40(51-33)44(60)68-24-46(47,48)49/h7-11,50-51H,12-24H2,1-6H3,(H,52,69). The zero-order valence-electron chi connectivity index (χ0n) is 38.7. The molecular formula is C46H52Br3N3O16S. The van der Waals surface area contributed by atoms with Crippen molar-refractivity contribution in [3.05, 3.63) is 92.1 Å². The third kappa shape index (κ3) is 15.6. The van der Waals surface area contributed by atoms with Gasteiger partial charge in [0.05, 0.1) is 67.5 Å². The van der Waals surface area contributed by atoms with Gasteiger partial charge in [0.15, 0.2) is 2.14 Å². The number of rotatable bonds is 24. The zero-order valence-corrected chi connectivity index (χ0v) is 44.2. The van der Waals surface area contributed by atoms with Crippen LogP contribution in [0.25, 0.3) is 0 Å². The summed E-state index contributed by atoms with van der Waals surface area (Å²) >= 11 is 15.9. The molecule has 0 radical (unpaired) electrons. The lowest BCUT2D eigenvalue weighted by Gasteiger charge is -2.34. The normalized spacial score (nSPS) is 14.4. The second-order valence-corrected chi connectivity index (χ2v) is 23.1. The molecule has 374 valence electrons. The first-order valence-corrected chi connectivity index (χ1v) is 23.9. The highest BCUT2D eigenvalue weighted by Gasteiger charge is 2.47. The SMILES string of the molecule is COC(=O)CCC1=C(CC(=O)OC)C(Cc2[nH]c(C(=O)OCC(Br)(Br)Br)c(CCC(=O)OC)c2CC(=O)OC)(Cc2[nH]c(C(=O)OCc3ccccc3)c(CC(=O)OC)c2CCC(=O)OC)NC1=S. The van der Waals surface area contributed by atoms with Gasteiger partial charge < -0.3 is 53.2 Å². The first-order chi connectivity index (χ1) is 32.7. The van der Waals surface area contributed by atoms with Crippen LogP contribution in [0, 0.1) is 0 Å². The van der Waals surface area contributed by atoms with Gasteiger partial charge in [0.1, 0.15) is 29.6 Å². The highest BCUT2D eigenvalue weighted by Crippen LogP contribution is 2.42. The van der Waals surface area contributed by atoms with Crippen LogP contribution in [-0.2, 0) is 112 Å². The molecule has 0 saturated carbocycles. The van der Waals surface area contributed by atoms with Gasteiger partial charge in [-0.15, -0.1) is 0 Å². The summed E-state index contributed by atoms with van der Waals surface area (Å²) in [5, 5.41) is 3.39. The summed E-state index contributed by atoms with van der Waals surface area (Å²) in [6, 6.07) is 8.87. The van der Waals surface area contributed by atoms with Crippen molar-refractivity contribution < 1.29 is 76.3 Å². The number of nitrogens with one attached hydrogen (secondary N) is 3. The quantitative estimate of drug-likeness (QED) is 0.0427. The van der Waals surface area contributed by atoms with Gasteiger partial charge in [0.25, 0.3) is 0 Å². The van der Waals surface area contributed by atoms with Gasteiger partial charge in [-0.3, -0.25) is 28.8 Å².